The lowest BCUT2D eigenvalue weighted by molar-refractivity contribution is 0.190. The first kappa shape index (κ1) is 23.4. The summed E-state index contributed by atoms with van der Waals surface area (Å²) in [7, 11) is 4.72. The fourth-order valence-corrected chi connectivity index (χ4v) is 3.98. The van der Waals surface area contributed by atoms with Crippen LogP contribution in [-0.4, -0.2) is 50.4 Å². The number of amides is 2. The summed E-state index contributed by atoms with van der Waals surface area (Å²) in [4.78, 5) is 16.9. The van der Waals surface area contributed by atoms with Crippen molar-refractivity contribution in [2.24, 2.45) is 0 Å². The number of hydrogen-bond acceptors (Lipinski definition) is 7. The van der Waals surface area contributed by atoms with Gasteiger partial charge in [-0.2, -0.15) is 0 Å². The smallest absolute Gasteiger partial charge is 0.333 e. The van der Waals surface area contributed by atoms with Crippen molar-refractivity contribution in [1.82, 2.24) is 15.4 Å². The van der Waals surface area contributed by atoms with Crippen molar-refractivity contribution in [3.63, 3.8) is 0 Å². The van der Waals surface area contributed by atoms with Gasteiger partial charge in [0.1, 0.15) is 17.2 Å². The van der Waals surface area contributed by atoms with E-state index < -0.39 is 0 Å². The number of ether oxygens (including phenoxy) is 4. The van der Waals surface area contributed by atoms with Gasteiger partial charge in [0.05, 0.1) is 32.5 Å². The van der Waals surface area contributed by atoms with Crippen molar-refractivity contribution in [2.75, 3.05) is 39.7 Å². The third-order valence-electron chi connectivity index (χ3n) is 5.72. The summed E-state index contributed by atoms with van der Waals surface area (Å²) < 4.78 is 22.4. The zero-order chi connectivity index (χ0) is 23.9. The summed E-state index contributed by atoms with van der Waals surface area (Å²) in [5.41, 5.74) is 4.18. The highest BCUT2D eigenvalue weighted by atomic mass is 16.5. The fourth-order valence-electron chi connectivity index (χ4n) is 3.98. The zero-order valence-corrected chi connectivity index (χ0v) is 19.7. The number of rotatable bonds is 7. The molecular formula is C25H30N4O5. The molecule has 0 aliphatic carbocycles. The van der Waals surface area contributed by atoms with Crippen molar-refractivity contribution in [2.45, 2.75) is 25.7 Å². The van der Waals surface area contributed by atoms with Gasteiger partial charge in [-0.1, -0.05) is 12.8 Å². The molecule has 4 rings (SSSR count). The van der Waals surface area contributed by atoms with Crippen LogP contribution in [0.4, 0.5) is 10.5 Å². The largest absolute Gasteiger partial charge is 0.494 e. The van der Waals surface area contributed by atoms with Crippen molar-refractivity contribution < 1.29 is 23.7 Å². The maximum absolute atomic E-state index is 12.5. The van der Waals surface area contributed by atoms with Crippen molar-refractivity contribution in [3.8, 4) is 28.7 Å². The highest BCUT2D eigenvalue weighted by Crippen LogP contribution is 2.38. The topological polar surface area (TPSA) is 94.2 Å². The van der Waals surface area contributed by atoms with E-state index in [4.69, 9.17) is 18.9 Å². The van der Waals surface area contributed by atoms with Crippen LogP contribution in [0.3, 0.4) is 0 Å². The summed E-state index contributed by atoms with van der Waals surface area (Å²) >= 11 is 0. The number of benzene rings is 2. The Morgan fingerprint density at radius 2 is 1.56 bits per heavy atom. The number of carbonyl (C=O) groups excluding carboxylic acids is 1. The quantitative estimate of drug-likeness (QED) is 0.508. The first-order valence-corrected chi connectivity index (χ1v) is 11.3. The summed E-state index contributed by atoms with van der Waals surface area (Å²) in [6, 6.07) is 10.4. The average Bonchev–Trinajstić information content (AvgIpc) is 3.12. The van der Waals surface area contributed by atoms with Gasteiger partial charge in [-0.15, -0.1) is 0 Å². The van der Waals surface area contributed by atoms with E-state index in [-0.39, 0.29) is 6.03 Å². The first-order valence-electron chi connectivity index (χ1n) is 11.3. The standard InChI is InChI=1S/C25H30N4O5/c1-31-22-14-17(8-9-19(22)27-25(30)28-29-12-6-4-5-7-13-29)34-21-10-11-26-20-16-24(33-3)23(32-2)15-18(20)21/h8-11,14-16H,4-7,12-13H2,1-3H3,(H2,27,28,30). The molecule has 1 fully saturated rings. The number of nitrogens with zero attached hydrogens (tertiary/aromatic N) is 2. The van der Waals surface area contributed by atoms with Gasteiger partial charge in [-0.25, -0.2) is 9.80 Å². The Bertz CT molecular complexity index is 1150. The monoisotopic (exact) mass is 466 g/mol. The molecule has 1 aromatic heterocycles. The minimum atomic E-state index is -0.296. The number of carbonyl (C=O) groups is 1. The van der Waals surface area contributed by atoms with Crippen LogP contribution in [0.15, 0.2) is 42.6 Å². The van der Waals surface area contributed by atoms with Crippen LogP contribution in [0.2, 0.25) is 0 Å². The molecule has 1 aliphatic heterocycles. The van der Waals surface area contributed by atoms with Gasteiger partial charge in [0.15, 0.2) is 11.5 Å². The third-order valence-corrected chi connectivity index (χ3v) is 5.72. The molecule has 180 valence electrons. The molecule has 0 radical (unpaired) electrons. The Morgan fingerprint density at radius 3 is 2.26 bits per heavy atom. The number of fused-ring (bicyclic) bond motifs is 1. The maximum Gasteiger partial charge on any atom is 0.333 e. The van der Waals surface area contributed by atoms with Crippen molar-refractivity contribution >= 4 is 22.6 Å². The molecule has 0 unspecified atom stereocenters. The Kier molecular flexibility index (Phi) is 7.54. The molecule has 2 aromatic carbocycles. The second-order valence-electron chi connectivity index (χ2n) is 7.96. The van der Waals surface area contributed by atoms with Gasteiger partial charge in [0.2, 0.25) is 0 Å². The third kappa shape index (κ3) is 5.43. The summed E-state index contributed by atoms with van der Waals surface area (Å²) in [6.07, 6.45) is 6.23. The zero-order valence-electron chi connectivity index (χ0n) is 19.7. The molecule has 34 heavy (non-hydrogen) atoms. The van der Waals surface area contributed by atoms with Gasteiger partial charge in [0.25, 0.3) is 0 Å². The first-order chi connectivity index (χ1) is 16.6. The summed E-state index contributed by atoms with van der Waals surface area (Å²) in [5.74, 6) is 2.82. The minimum Gasteiger partial charge on any atom is -0.494 e. The van der Waals surface area contributed by atoms with E-state index in [0.29, 0.717) is 40.0 Å². The van der Waals surface area contributed by atoms with Crippen LogP contribution in [0.5, 0.6) is 28.7 Å². The lowest BCUT2D eigenvalue weighted by Gasteiger charge is -2.21. The Balaban J connectivity index is 1.51. The molecule has 9 nitrogen and oxygen atoms in total. The Hall–Kier alpha value is -3.72. The van der Waals surface area contributed by atoms with Crippen LogP contribution in [0.1, 0.15) is 25.7 Å². The van der Waals surface area contributed by atoms with Gasteiger partial charge in [0, 0.05) is 36.8 Å². The predicted octanol–water partition coefficient (Wildman–Crippen LogP) is 4.97. The number of anilines is 1. The van der Waals surface area contributed by atoms with Gasteiger partial charge >= 0.3 is 6.03 Å². The SMILES string of the molecule is COc1cc(Oc2ccnc3cc(OC)c(OC)cc23)ccc1NC(=O)NN1CCCCCC1. The van der Waals surface area contributed by atoms with E-state index >= 15 is 0 Å². The highest BCUT2D eigenvalue weighted by Gasteiger charge is 2.15. The number of aromatic nitrogens is 1. The molecule has 9 heteroatoms. The van der Waals surface area contributed by atoms with E-state index in [1.165, 1.54) is 12.8 Å². The number of methoxy groups -OCH3 is 3. The van der Waals surface area contributed by atoms with Crippen LogP contribution >= 0.6 is 0 Å². The Morgan fingerprint density at radius 1 is 0.853 bits per heavy atom. The van der Waals surface area contributed by atoms with Crippen LogP contribution in [-0.2, 0) is 0 Å². The van der Waals surface area contributed by atoms with Crippen LogP contribution < -0.4 is 29.7 Å². The lowest BCUT2D eigenvalue weighted by atomic mass is 10.2. The summed E-state index contributed by atoms with van der Waals surface area (Å²) in [6.45, 7) is 1.71. The van der Waals surface area contributed by atoms with E-state index in [9.17, 15) is 4.79 Å². The molecule has 0 saturated carbocycles. The van der Waals surface area contributed by atoms with E-state index in [2.05, 4.69) is 15.7 Å². The van der Waals surface area contributed by atoms with Gasteiger partial charge in [-0.3, -0.25) is 10.4 Å². The van der Waals surface area contributed by atoms with E-state index in [1.807, 2.05) is 11.1 Å². The van der Waals surface area contributed by atoms with Crippen molar-refractivity contribution in [3.05, 3.63) is 42.6 Å². The molecule has 1 aliphatic rings. The second-order valence-corrected chi connectivity index (χ2v) is 7.96. The molecule has 0 atom stereocenters. The maximum atomic E-state index is 12.5. The number of hydrazine groups is 1. The highest BCUT2D eigenvalue weighted by molar-refractivity contribution is 5.91. The summed E-state index contributed by atoms with van der Waals surface area (Å²) in [5, 5.41) is 5.60. The number of hydrogen-bond donors (Lipinski definition) is 2. The van der Waals surface area contributed by atoms with E-state index in [0.717, 1.165) is 31.3 Å². The van der Waals surface area contributed by atoms with Gasteiger partial charge in [-0.05, 0) is 37.1 Å². The van der Waals surface area contributed by atoms with Crippen LogP contribution in [0.25, 0.3) is 10.9 Å². The van der Waals surface area contributed by atoms with Crippen LogP contribution in [0, 0.1) is 0 Å². The molecule has 0 spiro atoms. The van der Waals surface area contributed by atoms with Crippen molar-refractivity contribution in [1.29, 1.82) is 0 Å². The minimum absolute atomic E-state index is 0.296. The average molecular weight is 467 g/mol. The predicted molar refractivity (Wildman–Crippen MR) is 130 cm³/mol. The Labute approximate surface area is 198 Å². The molecule has 1 saturated heterocycles. The molecule has 3 aromatic rings. The molecule has 0 bridgehead atoms. The molecule has 2 amide bonds. The lowest BCUT2D eigenvalue weighted by Crippen LogP contribution is -2.44. The number of pyridine rings is 1. The normalized spacial score (nSPS) is 14.2. The van der Waals surface area contributed by atoms with Gasteiger partial charge < -0.3 is 24.3 Å². The number of urea groups is 1. The second kappa shape index (κ2) is 10.9. The van der Waals surface area contributed by atoms with E-state index in [1.54, 1.807) is 57.9 Å². The molecule has 2 heterocycles. The molecular weight excluding hydrogens is 436 g/mol. The fraction of sp³-hybridized carbons (Fsp3) is 0.360. The molecule has 2 N–H and O–H groups in total. The number of nitrogens with one attached hydrogen (secondary N) is 2.